The molecule has 3 N–H and O–H groups in total. The molecule has 0 spiro atoms. The van der Waals surface area contributed by atoms with E-state index in [0.717, 1.165) is 0 Å². The van der Waals surface area contributed by atoms with Gasteiger partial charge >= 0.3 is 20.0 Å². The first-order valence-corrected chi connectivity index (χ1v) is 7.44. The van der Waals surface area contributed by atoms with Crippen LogP contribution in [0.15, 0.2) is 24.3 Å². The van der Waals surface area contributed by atoms with E-state index in [2.05, 4.69) is 0 Å². The Morgan fingerprint density at radius 1 is 1.24 bits per heavy atom. The molecule has 3 atom stereocenters. The largest absolute Gasteiger partial charge is 0.509 e. The second kappa shape index (κ2) is 7.81. The molecular weight excluding hydrogens is 302 g/mol. The van der Waals surface area contributed by atoms with E-state index in [1.807, 2.05) is 0 Å². The van der Waals surface area contributed by atoms with E-state index in [9.17, 15) is 23.4 Å². The van der Waals surface area contributed by atoms with Gasteiger partial charge in [0.25, 0.3) is 0 Å². The summed E-state index contributed by atoms with van der Waals surface area (Å²) < 4.78 is 25.0. The molecule has 0 heterocycles. The van der Waals surface area contributed by atoms with Crippen molar-refractivity contribution in [3.8, 4) is 0 Å². The van der Waals surface area contributed by atoms with Crippen LogP contribution in [0.25, 0.3) is 0 Å². The van der Waals surface area contributed by atoms with Gasteiger partial charge in [0.1, 0.15) is 11.7 Å². The van der Waals surface area contributed by atoms with Gasteiger partial charge in [-0.2, -0.15) is 4.89 Å². The summed E-state index contributed by atoms with van der Waals surface area (Å²) in [5.41, 5.74) is -1.12. The molecule has 0 saturated heterocycles. The van der Waals surface area contributed by atoms with Gasteiger partial charge in [-0.15, -0.1) is 0 Å². The van der Waals surface area contributed by atoms with Gasteiger partial charge in [0.15, 0.2) is 0 Å². The molecule has 1 aromatic rings. The lowest BCUT2D eigenvalue weighted by molar-refractivity contribution is -0.143. The van der Waals surface area contributed by atoms with E-state index in [4.69, 9.17) is 10.2 Å². The van der Waals surface area contributed by atoms with E-state index >= 15 is 0 Å². The third-order valence-corrected chi connectivity index (χ3v) is 4.23. The van der Waals surface area contributed by atoms with Crippen molar-refractivity contribution in [1.29, 1.82) is 0 Å². The fraction of sp³-hybridized carbons (Fsp3) is 0.385. The van der Waals surface area contributed by atoms with Gasteiger partial charge in [-0.1, -0.05) is 18.2 Å². The van der Waals surface area contributed by atoms with Crippen LogP contribution in [0.1, 0.15) is 18.4 Å². The summed E-state index contributed by atoms with van der Waals surface area (Å²) in [6.07, 6.45) is -0.964. The standard InChI is InChI=1S/C13H14FO6P/c14-10-4-2-1-3-8(10)7-11(21(19)20)9(13(17)18)5-6-12(15)16/h1-4,9,11H,5-7H2,(H2-,15,16,17,18,19,20)/p+1. The number of aliphatic carboxylic acids is 2. The molecule has 0 saturated carbocycles. The summed E-state index contributed by atoms with van der Waals surface area (Å²) in [4.78, 5) is 31.1. The van der Waals surface area contributed by atoms with Crippen LogP contribution in [0.5, 0.6) is 0 Å². The SMILES string of the molecule is O=C(O)CCC(C(=O)O)C(Cc1ccccc1F)[P+](=O)O. The van der Waals surface area contributed by atoms with E-state index in [1.165, 1.54) is 24.3 Å². The molecule has 0 fully saturated rings. The van der Waals surface area contributed by atoms with Crippen molar-refractivity contribution in [3.05, 3.63) is 35.6 Å². The molecular formula is C13H15FO6P+. The van der Waals surface area contributed by atoms with Crippen molar-refractivity contribution in [2.75, 3.05) is 0 Å². The summed E-state index contributed by atoms with van der Waals surface area (Å²) >= 11 is 0. The fourth-order valence-corrected chi connectivity index (χ4v) is 2.96. The molecule has 0 aliphatic rings. The molecule has 114 valence electrons. The van der Waals surface area contributed by atoms with Crippen LogP contribution >= 0.6 is 8.03 Å². The molecule has 1 aromatic carbocycles. The predicted octanol–water partition coefficient (Wildman–Crippen LogP) is 2.04. The highest BCUT2D eigenvalue weighted by molar-refractivity contribution is 7.39. The van der Waals surface area contributed by atoms with Crippen LogP contribution in [0.3, 0.4) is 0 Å². The predicted molar refractivity (Wildman–Crippen MR) is 71.7 cm³/mol. The van der Waals surface area contributed by atoms with Gasteiger partial charge < -0.3 is 10.2 Å². The number of carboxylic acids is 2. The lowest BCUT2D eigenvalue weighted by Crippen LogP contribution is -2.28. The zero-order valence-corrected chi connectivity index (χ0v) is 11.9. The quantitative estimate of drug-likeness (QED) is 0.633. The van der Waals surface area contributed by atoms with Crippen molar-refractivity contribution >= 4 is 20.0 Å². The molecule has 0 aliphatic heterocycles. The zero-order valence-electron chi connectivity index (χ0n) is 11.0. The smallest absolute Gasteiger partial charge is 0.481 e. The van der Waals surface area contributed by atoms with Crippen LogP contribution in [-0.4, -0.2) is 32.7 Å². The second-order valence-electron chi connectivity index (χ2n) is 4.54. The monoisotopic (exact) mass is 317 g/mol. The Labute approximate surface area is 121 Å². The van der Waals surface area contributed by atoms with Crippen LogP contribution < -0.4 is 0 Å². The Morgan fingerprint density at radius 3 is 2.33 bits per heavy atom. The zero-order chi connectivity index (χ0) is 16.0. The maximum Gasteiger partial charge on any atom is 0.509 e. The Kier molecular flexibility index (Phi) is 6.39. The summed E-state index contributed by atoms with van der Waals surface area (Å²) in [5.74, 6) is -4.48. The lowest BCUT2D eigenvalue weighted by Gasteiger charge is -2.14. The molecule has 0 aromatic heterocycles. The molecule has 0 bridgehead atoms. The minimum absolute atomic E-state index is 0.126. The van der Waals surface area contributed by atoms with Crippen molar-refractivity contribution in [2.24, 2.45) is 5.92 Å². The number of hydrogen-bond acceptors (Lipinski definition) is 3. The maximum absolute atomic E-state index is 13.6. The molecule has 1 rings (SSSR count). The number of carbonyl (C=O) groups is 2. The number of benzene rings is 1. The van der Waals surface area contributed by atoms with Gasteiger partial charge in [0, 0.05) is 12.8 Å². The van der Waals surface area contributed by atoms with Gasteiger partial charge in [0.05, 0.1) is 0 Å². The first kappa shape index (κ1) is 17.2. The molecule has 0 amide bonds. The third-order valence-electron chi connectivity index (χ3n) is 3.12. The molecule has 21 heavy (non-hydrogen) atoms. The van der Waals surface area contributed by atoms with E-state index in [0.29, 0.717) is 0 Å². The van der Waals surface area contributed by atoms with Crippen molar-refractivity contribution in [3.63, 3.8) is 0 Å². The van der Waals surface area contributed by atoms with Gasteiger partial charge in [-0.05, 0) is 22.6 Å². The van der Waals surface area contributed by atoms with Gasteiger partial charge in [-0.25, -0.2) is 4.39 Å². The molecule has 3 unspecified atom stereocenters. The minimum Gasteiger partial charge on any atom is -0.481 e. The normalized spacial score (nSPS) is 14.3. The Balaban J connectivity index is 2.97. The lowest BCUT2D eigenvalue weighted by atomic mass is 9.94. The fourth-order valence-electron chi connectivity index (χ4n) is 2.02. The number of halogens is 1. The topological polar surface area (TPSA) is 112 Å². The van der Waals surface area contributed by atoms with Gasteiger partial charge in [0.2, 0.25) is 5.66 Å². The number of rotatable bonds is 8. The van der Waals surface area contributed by atoms with E-state index in [1.54, 1.807) is 0 Å². The maximum atomic E-state index is 13.6. The average molecular weight is 317 g/mol. The first-order chi connectivity index (χ1) is 9.82. The highest BCUT2D eigenvalue weighted by Gasteiger charge is 2.42. The minimum atomic E-state index is -2.89. The molecule has 0 radical (unpaired) electrons. The van der Waals surface area contributed by atoms with Crippen LogP contribution in [-0.2, 0) is 20.6 Å². The van der Waals surface area contributed by atoms with Crippen molar-refractivity contribution in [2.45, 2.75) is 24.9 Å². The third kappa shape index (κ3) is 5.21. The van der Waals surface area contributed by atoms with Crippen LogP contribution in [0.2, 0.25) is 0 Å². The van der Waals surface area contributed by atoms with Crippen molar-refractivity contribution in [1.82, 2.24) is 0 Å². The van der Waals surface area contributed by atoms with Crippen LogP contribution in [0, 0.1) is 11.7 Å². The molecule has 0 aliphatic carbocycles. The summed E-state index contributed by atoms with van der Waals surface area (Å²) in [7, 11) is -2.89. The summed E-state index contributed by atoms with van der Waals surface area (Å²) in [6.45, 7) is 0. The van der Waals surface area contributed by atoms with Crippen molar-refractivity contribution < 1.29 is 33.7 Å². The first-order valence-electron chi connectivity index (χ1n) is 6.16. The number of carboxylic acid groups (broad SMARTS) is 2. The van der Waals surface area contributed by atoms with E-state index < -0.39 is 43.8 Å². The summed E-state index contributed by atoms with van der Waals surface area (Å²) in [5, 5.41) is 17.7. The molecule has 6 nitrogen and oxygen atoms in total. The highest BCUT2D eigenvalue weighted by Crippen LogP contribution is 2.35. The summed E-state index contributed by atoms with van der Waals surface area (Å²) in [6, 6.07) is 5.56. The van der Waals surface area contributed by atoms with Crippen LogP contribution in [0.4, 0.5) is 4.39 Å². The van der Waals surface area contributed by atoms with E-state index in [-0.39, 0.29) is 18.4 Å². The Morgan fingerprint density at radius 2 is 1.86 bits per heavy atom. The number of hydrogen-bond donors (Lipinski definition) is 3. The second-order valence-corrected chi connectivity index (χ2v) is 5.81. The highest BCUT2D eigenvalue weighted by atomic mass is 31.1. The Hall–Kier alpha value is -1.85. The molecule has 8 heteroatoms. The van der Waals surface area contributed by atoms with Gasteiger partial charge in [-0.3, -0.25) is 9.59 Å². The average Bonchev–Trinajstić information content (AvgIpc) is 2.38. The Bertz CT molecular complexity index is 547.